The predicted octanol–water partition coefficient (Wildman–Crippen LogP) is 2.23. The van der Waals surface area contributed by atoms with Crippen LogP contribution in [0.5, 0.6) is 0 Å². The fraction of sp³-hybridized carbons (Fsp3) is 0.667. The monoisotopic (exact) mass is 257 g/mol. The summed E-state index contributed by atoms with van der Waals surface area (Å²) in [6.45, 7) is 0. The zero-order chi connectivity index (χ0) is 12.8. The summed E-state index contributed by atoms with van der Waals surface area (Å²) in [5.41, 5.74) is 7.49. The van der Waals surface area contributed by atoms with Crippen LogP contribution in [0.1, 0.15) is 38.5 Å². The molecule has 1 aliphatic carbocycles. The Hall–Kier alpha value is -1.03. The number of amides is 1. The third-order valence-corrected chi connectivity index (χ3v) is 3.30. The highest BCUT2D eigenvalue weighted by molar-refractivity contribution is 6.18. The lowest BCUT2D eigenvalue weighted by Gasteiger charge is -2.24. The minimum atomic E-state index is -0.0680. The molecule has 1 rings (SSSR count). The van der Waals surface area contributed by atoms with Gasteiger partial charge in [0.05, 0.1) is 0 Å². The van der Waals surface area contributed by atoms with Crippen LogP contribution in [0.15, 0.2) is 11.3 Å². The van der Waals surface area contributed by atoms with E-state index in [0.29, 0.717) is 18.7 Å². The molecule has 0 aromatic heterocycles. The number of hydrogen-bond donors (Lipinski definition) is 2. The molecule has 0 aromatic rings. The Kier molecular flexibility index (Phi) is 5.48. The van der Waals surface area contributed by atoms with Crippen LogP contribution >= 0.6 is 11.6 Å². The molecule has 0 radical (unpaired) electrons. The van der Waals surface area contributed by atoms with Crippen LogP contribution in [0.3, 0.4) is 0 Å². The number of hydrogen-bond acceptors (Lipinski definition) is 3. The molecule has 96 valence electrons. The number of nitrogens with one attached hydrogen (secondary N) is 1. The van der Waals surface area contributed by atoms with Gasteiger partial charge in [-0.15, -0.1) is 11.6 Å². The van der Waals surface area contributed by atoms with Crippen molar-refractivity contribution < 1.29 is 4.79 Å². The molecule has 1 aliphatic rings. The van der Waals surface area contributed by atoms with Crippen LogP contribution in [0.4, 0.5) is 0 Å². The molecule has 0 bridgehead atoms. The van der Waals surface area contributed by atoms with Crippen molar-refractivity contribution in [1.29, 1.82) is 5.41 Å². The van der Waals surface area contributed by atoms with E-state index in [-0.39, 0.29) is 11.7 Å². The first kappa shape index (κ1) is 14.0. The van der Waals surface area contributed by atoms with Crippen molar-refractivity contribution in [2.75, 3.05) is 12.9 Å². The van der Waals surface area contributed by atoms with Crippen molar-refractivity contribution in [2.45, 2.75) is 38.5 Å². The van der Waals surface area contributed by atoms with E-state index in [1.54, 1.807) is 7.05 Å². The Balaban J connectivity index is 2.65. The molecule has 0 heterocycles. The SMILES string of the molecule is CN(C(=N)C1=C(N)CCCC1)C(=O)CCCCl. The van der Waals surface area contributed by atoms with Gasteiger partial charge in [0, 0.05) is 30.6 Å². The van der Waals surface area contributed by atoms with Gasteiger partial charge in [-0.25, -0.2) is 0 Å². The number of alkyl halides is 1. The molecule has 0 saturated carbocycles. The minimum Gasteiger partial charge on any atom is -0.402 e. The highest BCUT2D eigenvalue weighted by atomic mass is 35.5. The Labute approximate surface area is 107 Å². The van der Waals surface area contributed by atoms with Gasteiger partial charge < -0.3 is 10.6 Å². The van der Waals surface area contributed by atoms with Crippen LogP contribution < -0.4 is 5.73 Å². The second-order valence-electron chi connectivity index (χ2n) is 4.30. The molecule has 4 nitrogen and oxygen atoms in total. The van der Waals surface area contributed by atoms with Crippen molar-refractivity contribution >= 4 is 23.3 Å². The number of carbonyl (C=O) groups is 1. The van der Waals surface area contributed by atoms with Gasteiger partial charge in [-0.1, -0.05) is 0 Å². The van der Waals surface area contributed by atoms with E-state index in [1.165, 1.54) is 4.90 Å². The van der Waals surface area contributed by atoms with Gasteiger partial charge in [0.15, 0.2) is 0 Å². The largest absolute Gasteiger partial charge is 0.402 e. The molecule has 1 amide bonds. The van der Waals surface area contributed by atoms with Gasteiger partial charge in [-0.05, 0) is 32.1 Å². The first-order valence-electron chi connectivity index (χ1n) is 5.97. The number of allylic oxidation sites excluding steroid dienone is 1. The normalized spacial score (nSPS) is 15.9. The smallest absolute Gasteiger partial charge is 0.227 e. The number of rotatable bonds is 4. The van der Waals surface area contributed by atoms with Gasteiger partial charge in [0.25, 0.3) is 0 Å². The van der Waals surface area contributed by atoms with Crippen LogP contribution in [0.2, 0.25) is 0 Å². The first-order valence-corrected chi connectivity index (χ1v) is 6.50. The van der Waals surface area contributed by atoms with E-state index in [4.69, 9.17) is 22.7 Å². The number of nitrogens with two attached hydrogens (primary N) is 1. The van der Waals surface area contributed by atoms with E-state index in [2.05, 4.69) is 0 Å². The Bertz CT molecular complexity index is 339. The molecule has 0 unspecified atom stereocenters. The predicted molar refractivity (Wildman–Crippen MR) is 70.1 cm³/mol. The molecule has 0 atom stereocenters. The Morgan fingerprint density at radius 2 is 2.12 bits per heavy atom. The lowest BCUT2D eigenvalue weighted by atomic mass is 9.95. The highest BCUT2D eigenvalue weighted by Gasteiger charge is 2.20. The van der Waals surface area contributed by atoms with Crippen molar-refractivity contribution in [3.8, 4) is 0 Å². The molecule has 0 aliphatic heterocycles. The van der Waals surface area contributed by atoms with Gasteiger partial charge in [0.1, 0.15) is 5.84 Å². The van der Waals surface area contributed by atoms with Crippen molar-refractivity contribution in [3.05, 3.63) is 11.3 Å². The van der Waals surface area contributed by atoms with Gasteiger partial charge in [0.2, 0.25) is 5.91 Å². The Morgan fingerprint density at radius 3 is 2.71 bits per heavy atom. The fourth-order valence-corrected chi connectivity index (χ4v) is 2.05. The molecular formula is C12H20ClN3O. The fourth-order valence-electron chi connectivity index (χ4n) is 1.91. The quantitative estimate of drug-likeness (QED) is 0.461. The summed E-state index contributed by atoms with van der Waals surface area (Å²) >= 11 is 5.55. The number of likely N-dealkylation sites (N-methyl/N-ethyl adjacent to an activating group) is 1. The van der Waals surface area contributed by atoms with E-state index in [1.807, 2.05) is 0 Å². The third-order valence-electron chi connectivity index (χ3n) is 3.03. The van der Waals surface area contributed by atoms with Crippen molar-refractivity contribution in [2.24, 2.45) is 5.73 Å². The zero-order valence-electron chi connectivity index (χ0n) is 10.3. The summed E-state index contributed by atoms with van der Waals surface area (Å²) in [6.07, 6.45) is 4.79. The maximum absolute atomic E-state index is 11.8. The molecule has 0 fully saturated rings. The lowest BCUT2D eigenvalue weighted by molar-refractivity contribution is -0.126. The summed E-state index contributed by atoms with van der Waals surface area (Å²) in [5.74, 6) is 0.654. The molecule has 0 spiro atoms. The summed E-state index contributed by atoms with van der Waals surface area (Å²) in [4.78, 5) is 13.1. The topological polar surface area (TPSA) is 70.2 Å². The van der Waals surface area contributed by atoms with Crippen LogP contribution in [0.25, 0.3) is 0 Å². The molecule has 17 heavy (non-hydrogen) atoms. The number of nitrogens with zero attached hydrogens (tertiary/aromatic N) is 1. The van der Waals surface area contributed by atoms with Gasteiger partial charge in [-0.3, -0.25) is 10.2 Å². The summed E-state index contributed by atoms with van der Waals surface area (Å²) in [5, 5.41) is 8.02. The molecular weight excluding hydrogens is 238 g/mol. The molecule has 3 N–H and O–H groups in total. The average molecular weight is 258 g/mol. The van der Waals surface area contributed by atoms with E-state index in [9.17, 15) is 4.79 Å². The van der Waals surface area contributed by atoms with Crippen molar-refractivity contribution in [3.63, 3.8) is 0 Å². The standard InChI is InChI=1S/C12H20ClN3O/c1-16(11(17)7-4-8-13)12(15)9-5-2-3-6-10(9)14/h15H,2-8,14H2,1H3. The lowest BCUT2D eigenvalue weighted by Crippen LogP contribution is -2.35. The average Bonchev–Trinajstić information content (AvgIpc) is 2.34. The molecule has 5 heteroatoms. The number of amidine groups is 1. The minimum absolute atomic E-state index is 0.0680. The van der Waals surface area contributed by atoms with Crippen LogP contribution in [-0.2, 0) is 4.79 Å². The maximum atomic E-state index is 11.8. The summed E-state index contributed by atoms with van der Waals surface area (Å²) in [7, 11) is 1.63. The third kappa shape index (κ3) is 3.73. The van der Waals surface area contributed by atoms with Gasteiger partial charge in [-0.2, -0.15) is 0 Å². The number of carbonyl (C=O) groups excluding carboxylic acids is 1. The molecule has 0 aromatic carbocycles. The van der Waals surface area contributed by atoms with E-state index in [0.717, 1.165) is 37.0 Å². The van der Waals surface area contributed by atoms with Crippen molar-refractivity contribution in [1.82, 2.24) is 4.90 Å². The van der Waals surface area contributed by atoms with E-state index >= 15 is 0 Å². The maximum Gasteiger partial charge on any atom is 0.227 e. The first-order chi connectivity index (χ1) is 8.07. The zero-order valence-corrected chi connectivity index (χ0v) is 11.0. The molecule has 0 saturated heterocycles. The second-order valence-corrected chi connectivity index (χ2v) is 4.68. The summed E-state index contributed by atoms with van der Waals surface area (Å²) < 4.78 is 0. The second kappa shape index (κ2) is 6.64. The van der Waals surface area contributed by atoms with Gasteiger partial charge >= 0.3 is 0 Å². The van der Waals surface area contributed by atoms with Crippen LogP contribution in [0, 0.1) is 5.41 Å². The van der Waals surface area contributed by atoms with E-state index < -0.39 is 0 Å². The van der Waals surface area contributed by atoms with Crippen LogP contribution in [-0.4, -0.2) is 29.6 Å². The highest BCUT2D eigenvalue weighted by Crippen LogP contribution is 2.23. The summed E-state index contributed by atoms with van der Waals surface area (Å²) in [6, 6.07) is 0. The Morgan fingerprint density at radius 1 is 1.47 bits per heavy atom. The number of halogens is 1.